The second-order valence-corrected chi connectivity index (χ2v) is 1.21. The van der Waals surface area contributed by atoms with Crippen LogP contribution in [0.4, 0.5) is 4.39 Å². The van der Waals surface area contributed by atoms with E-state index in [9.17, 15) is 4.39 Å². The molecule has 0 aliphatic heterocycles. The van der Waals surface area contributed by atoms with E-state index in [1.165, 1.54) is 0 Å². The van der Waals surface area contributed by atoms with Crippen molar-refractivity contribution in [2.24, 2.45) is 0 Å². The van der Waals surface area contributed by atoms with Gasteiger partial charge in [-0.05, 0) is 24.8 Å². The molecule has 1 radical (unpaired) electrons. The van der Waals surface area contributed by atoms with Crippen LogP contribution in [0.15, 0.2) is 0 Å². The van der Waals surface area contributed by atoms with Crippen LogP contribution in [0.1, 0.15) is 0 Å². The van der Waals surface area contributed by atoms with Crippen molar-refractivity contribution >= 4 is 29.3 Å². The molecule has 0 aliphatic rings. The average molecular weight is 95.1 g/mol. The molecule has 0 saturated carbocycles. The largest absolute Gasteiger partial charge is 0.250 e. The first-order chi connectivity index (χ1) is 1.73. The van der Waals surface area contributed by atoms with Gasteiger partial charge in [0.2, 0.25) is 0 Å². The van der Waals surface area contributed by atoms with Gasteiger partial charge >= 0.3 is 0 Å². The first-order valence-electron chi connectivity index (χ1n) is 0.597. The van der Waals surface area contributed by atoms with Crippen LogP contribution in [-0.2, 0) is 0 Å². The van der Waals surface area contributed by atoms with E-state index >= 15 is 0 Å². The molecule has 0 nitrogen and oxygen atoms in total. The van der Waals surface area contributed by atoms with Gasteiger partial charge in [-0.15, -0.1) is 0 Å². The lowest BCUT2D eigenvalue weighted by atomic mass is 11.8. The van der Waals surface area contributed by atoms with Crippen LogP contribution < -0.4 is 0 Å². The van der Waals surface area contributed by atoms with Crippen LogP contribution >= 0.6 is 24.8 Å². The summed E-state index contributed by atoms with van der Waals surface area (Å²) < 4.78 is 9.63. The fourth-order valence-electron chi connectivity index (χ4n) is 0. The highest BCUT2D eigenvalue weighted by Gasteiger charge is 1.67. The van der Waals surface area contributed by atoms with Gasteiger partial charge in [0.1, 0.15) is 0 Å². The third-order valence-electron chi connectivity index (χ3n) is 0. The molecular weight excluding hydrogens is 95.1 g/mol. The minimum Gasteiger partial charge on any atom is -0.181 e. The summed E-state index contributed by atoms with van der Waals surface area (Å²) >= 11 is 7.37. The van der Waals surface area contributed by atoms with Crippen LogP contribution in [-0.4, -0.2) is 4.45 Å². The summed E-state index contributed by atoms with van der Waals surface area (Å²) in [6.07, 6.45) is 0. The lowest BCUT2D eigenvalue weighted by Crippen LogP contribution is -1.50. The maximum absolute atomic E-state index is 10.5. The zero-order valence-electron chi connectivity index (χ0n) is 1.69. The van der Waals surface area contributed by atoms with Crippen LogP contribution in [0.2, 0.25) is 0 Å². The standard InChI is InChI=1S/CFS2/c2-1(3)4. The zero-order valence-corrected chi connectivity index (χ0v) is 3.33. The molecule has 0 rings (SSSR count). The topological polar surface area (TPSA) is 0 Å². The monoisotopic (exact) mass is 94.9 g/mol. The molecule has 0 atom stereocenters. The summed E-state index contributed by atoms with van der Waals surface area (Å²) in [5.74, 6) is 0. The summed E-state index contributed by atoms with van der Waals surface area (Å²) in [5, 5.41) is 0. The van der Waals surface area contributed by atoms with Gasteiger partial charge in [-0.2, -0.15) is 4.39 Å². The lowest BCUT2D eigenvalue weighted by Gasteiger charge is -1.51. The smallest absolute Gasteiger partial charge is 0.181 e. The summed E-state index contributed by atoms with van der Waals surface area (Å²) in [4.78, 5) is 0. The molecule has 0 amide bonds. The van der Waals surface area contributed by atoms with Crippen molar-refractivity contribution in [1.82, 2.24) is 0 Å². The summed E-state index contributed by atoms with van der Waals surface area (Å²) in [6, 6.07) is 0. The minimum absolute atomic E-state index is 0.917. The molecule has 23 valence electrons. The van der Waals surface area contributed by atoms with Crippen LogP contribution in [0.3, 0.4) is 0 Å². The van der Waals surface area contributed by atoms with Gasteiger partial charge in [0, 0.05) is 0 Å². The van der Waals surface area contributed by atoms with Crippen LogP contribution in [0, 0.1) is 0 Å². The predicted octanol–water partition coefficient (Wildman–Crippen LogP) is 1.44. The highest BCUT2D eigenvalue weighted by molar-refractivity contribution is 8.10. The van der Waals surface area contributed by atoms with Crippen molar-refractivity contribution in [2.45, 2.75) is 0 Å². The number of rotatable bonds is 0. The van der Waals surface area contributed by atoms with Crippen molar-refractivity contribution in [3.8, 4) is 0 Å². The Morgan fingerprint density at radius 2 is 1.75 bits per heavy atom. The van der Waals surface area contributed by atoms with Crippen molar-refractivity contribution in [1.29, 1.82) is 0 Å². The average Bonchev–Trinajstić information content (AvgIpc) is 0.811. The SMILES string of the molecule is FC([S])=S. The third-order valence-corrected chi connectivity index (χ3v) is 0. The van der Waals surface area contributed by atoms with Crippen molar-refractivity contribution in [3.05, 3.63) is 0 Å². The van der Waals surface area contributed by atoms with Gasteiger partial charge in [0.15, 0.2) is 0 Å². The molecule has 0 saturated heterocycles. The number of hydrogen-bond acceptors (Lipinski definition) is 1. The first kappa shape index (κ1) is 4.24. The number of thiocarbonyl (C=S) groups is 1. The Bertz CT molecular complexity index is 29.0. The summed E-state index contributed by atoms with van der Waals surface area (Å²) in [6.45, 7) is 0. The molecule has 0 aliphatic carbocycles. The second kappa shape index (κ2) is 1.55. The van der Waals surface area contributed by atoms with E-state index in [2.05, 4.69) is 24.8 Å². The molecule has 0 aromatic rings. The van der Waals surface area contributed by atoms with Crippen molar-refractivity contribution in [3.63, 3.8) is 0 Å². The highest BCUT2D eigenvalue weighted by Crippen LogP contribution is 1.78. The number of halogens is 1. The first-order valence-corrected chi connectivity index (χ1v) is 1.41. The van der Waals surface area contributed by atoms with E-state index in [1.54, 1.807) is 0 Å². The van der Waals surface area contributed by atoms with Gasteiger partial charge in [-0.3, -0.25) is 0 Å². The molecule has 3 heteroatoms. The van der Waals surface area contributed by atoms with Crippen molar-refractivity contribution in [2.75, 3.05) is 0 Å². The Labute approximate surface area is 34.4 Å². The lowest BCUT2D eigenvalue weighted by molar-refractivity contribution is 0.854. The summed E-state index contributed by atoms with van der Waals surface area (Å²) in [5.41, 5.74) is 0. The van der Waals surface area contributed by atoms with E-state index in [0.717, 1.165) is 0 Å². The van der Waals surface area contributed by atoms with Gasteiger partial charge in [0.05, 0.1) is 0 Å². The maximum Gasteiger partial charge on any atom is 0.250 e. The van der Waals surface area contributed by atoms with Crippen LogP contribution in [0.5, 0.6) is 0 Å². The van der Waals surface area contributed by atoms with Gasteiger partial charge < -0.3 is 0 Å². The molecule has 0 unspecified atom stereocenters. The predicted molar refractivity (Wildman–Crippen MR) is 21.3 cm³/mol. The van der Waals surface area contributed by atoms with Gasteiger partial charge in [-0.1, -0.05) is 0 Å². The quantitative estimate of drug-likeness (QED) is 0.324. The van der Waals surface area contributed by atoms with Gasteiger partial charge in [0.25, 0.3) is 4.45 Å². The normalized spacial score (nSPS) is 6.25. The molecule has 0 aromatic heterocycles. The van der Waals surface area contributed by atoms with Crippen LogP contribution in [0.25, 0.3) is 0 Å². The Balaban J connectivity index is 2.80. The molecule has 0 N–H and O–H groups in total. The molecule has 0 aromatic carbocycles. The van der Waals surface area contributed by atoms with E-state index < -0.39 is 4.45 Å². The van der Waals surface area contributed by atoms with Crippen molar-refractivity contribution < 1.29 is 4.39 Å². The van der Waals surface area contributed by atoms with E-state index in [1.807, 2.05) is 0 Å². The Hall–Kier alpha value is 0.240. The molecule has 0 spiro atoms. The highest BCUT2D eigenvalue weighted by atomic mass is 32.1. The molecule has 0 heterocycles. The summed E-state index contributed by atoms with van der Waals surface area (Å²) in [7, 11) is 0. The fourth-order valence-corrected chi connectivity index (χ4v) is 0. The van der Waals surface area contributed by atoms with E-state index in [4.69, 9.17) is 0 Å². The Kier molecular flexibility index (Phi) is 1.64. The second-order valence-electron chi connectivity index (χ2n) is 0.238. The number of hydrogen-bond donors (Lipinski definition) is 0. The molecule has 0 fully saturated rings. The van der Waals surface area contributed by atoms with E-state index in [-0.39, 0.29) is 0 Å². The fraction of sp³-hybridized carbons (Fsp3) is 0. The third kappa shape index (κ3) is 59.8. The van der Waals surface area contributed by atoms with Gasteiger partial charge in [-0.25, -0.2) is 0 Å². The Morgan fingerprint density at radius 1 is 1.75 bits per heavy atom. The Morgan fingerprint density at radius 3 is 1.75 bits per heavy atom. The zero-order chi connectivity index (χ0) is 3.58. The van der Waals surface area contributed by atoms with E-state index in [0.29, 0.717) is 0 Å². The minimum atomic E-state index is -0.917. The molecule has 4 heavy (non-hydrogen) atoms. The maximum atomic E-state index is 10.5. The molecular formula is CFS2. The molecule has 0 bridgehead atoms.